The molecule has 0 radical (unpaired) electrons. The lowest BCUT2D eigenvalue weighted by atomic mass is 10.2. The average Bonchev–Trinajstić information content (AvgIpc) is 2.53. The number of halogens is 2. The highest BCUT2D eigenvalue weighted by atomic mass is 35.5. The zero-order chi connectivity index (χ0) is 16.8. The maximum Gasteiger partial charge on any atom is 0.338 e. The topological polar surface area (TPSA) is 44.8 Å². The number of methoxy groups -OCH3 is 1. The number of hydrogen-bond donors (Lipinski definition) is 0. The summed E-state index contributed by atoms with van der Waals surface area (Å²) in [6.45, 7) is 2.29. The quantitative estimate of drug-likeness (QED) is 0.739. The first-order valence-corrected chi connectivity index (χ1v) is 7.34. The molecule has 122 valence electrons. The number of rotatable bonds is 6. The third-order valence-corrected chi connectivity index (χ3v) is 3.28. The molecular formula is C17H16ClFO4. The largest absolute Gasteiger partial charge is 0.490 e. The van der Waals surface area contributed by atoms with E-state index in [9.17, 15) is 9.18 Å². The first-order valence-electron chi connectivity index (χ1n) is 6.97. The Labute approximate surface area is 138 Å². The molecule has 2 aromatic carbocycles. The summed E-state index contributed by atoms with van der Waals surface area (Å²) in [6.07, 6.45) is 0. The molecule has 23 heavy (non-hydrogen) atoms. The Kier molecular flexibility index (Phi) is 5.82. The second-order valence-electron chi connectivity index (χ2n) is 4.63. The molecule has 0 spiro atoms. The monoisotopic (exact) mass is 338 g/mol. The summed E-state index contributed by atoms with van der Waals surface area (Å²) in [5.74, 6) is -0.241. The Morgan fingerprint density at radius 1 is 1.22 bits per heavy atom. The molecular weight excluding hydrogens is 323 g/mol. The standard InChI is InChI=1S/C17H16ClFO4/c1-3-22-15-9-12(17(20)21-2)8-14(18)16(15)23-10-11-5-4-6-13(19)7-11/h4-9H,3,10H2,1-2H3. The highest BCUT2D eigenvalue weighted by molar-refractivity contribution is 6.32. The highest BCUT2D eigenvalue weighted by Gasteiger charge is 2.17. The van der Waals surface area contributed by atoms with Gasteiger partial charge in [-0.15, -0.1) is 0 Å². The second-order valence-corrected chi connectivity index (χ2v) is 5.04. The Hall–Kier alpha value is -2.27. The molecule has 2 rings (SSSR count). The van der Waals surface area contributed by atoms with E-state index in [4.69, 9.17) is 21.1 Å². The van der Waals surface area contributed by atoms with Gasteiger partial charge in [-0.2, -0.15) is 0 Å². The average molecular weight is 339 g/mol. The Morgan fingerprint density at radius 2 is 2.00 bits per heavy atom. The van der Waals surface area contributed by atoms with E-state index in [-0.39, 0.29) is 23.0 Å². The fourth-order valence-electron chi connectivity index (χ4n) is 1.99. The predicted octanol–water partition coefficient (Wildman–Crippen LogP) is 4.24. The van der Waals surface area contributed by atoms with Crippen LogP contribution in [0.1, 0.15) is 22.8 Å². The lowest BCUT2D eigenvalue weighted by Gasteiger charge is -2.15. The SMILES string of the molecule is CCOc1cc(C(=O)OC)cc(Cl)c1OCc1cccc(F)c1. The molecule has 0 aromatic heterocycles. The molecule has 0 aliphatic carbocycles. The highest BCUT2D eigenvalue weighted by Crippen LogP contribution is 2.37. The summed E-state index contributed by atoms with van der Waals surface area (Å²) in [6, 6.07) is 9.00. The summed E-state index contributed by atoms with van der Waals surface area (Å²) >= 11 is 6.18. The van der Waals surface area contributed by atoms with Crippen molar-refractivity contribution in [2.45, 2.75) is 13.5 Å². The smallest absolute Gasteiger partial charge is 0.338 e. The number of benzene rings is 2. The second kappa shape index (κ2) is 7.83. The molecule has 0 bridgehead atoms. The van der Waals surface area contributed by atoms with E-state index >= 15 is 0 Å². The van der Waals surface area contributed by atoms with Crippen LogP contribution < -0.4 is 9.47 Å². The molecule has 0 aliphatic rings. The van der Waals surface area contributed by atoms with Crippen molar-refractivity contribution in [2.24, 2.45) is 0 Å². The minimum atomic E-state index is -0.524. The van der Waals surface area contributed by atoms with Crippen molar-refractivity contribution >= 4 is 17.6 Å². The molecule has 0 aliphatic heterocycles. The van der Waals surface area contributed by atoms with Gasteiger partial charge in [-0.05, 0) is 36.8 Å². The van der Waals surface area contributed by atoms with E-state index in [1.165, 1.54) is 31.4 Å². The number of esters is 1. The van der Waals surface area contributed by atoms with Crippen molar-refractivity contribution < 1.29 is 23.4 Å². The zero-order valence-electron chi connectivity index (χ0n) is 12.8. The van der Waals surface area contributed by atoms with E-state index in [1.54, 1.807) is 19.1 Å². The normalized spacial score (nSPS) is 10.3. The Balaban J connectivity index is 2.27. The third-order valence-electron chi connectivity index (χ3n) is 3.00. The summed E-state index contributed by atoms with van der Waals surface area (Å²) in [5, 5.41) is 0.216. The number of carbonyl (C=O) groups is 1. The van der Waals surface area contributed by atoms with Crippen LogP contribution in [0.25, 0.3) is 0 Å². The fraction of sp³-hybridized carbons (Fsp3) is 0.235. The lowest BCUT2D eigenvalue weighted by Crippen LogP contribution is -2.05. The van der Waals surface area contributed by atoms with Crippen LogP contribution in [0.4, 0.5) is 4.39 Å². The van der Waals surface area contributed by atoms with Crippen LogP contribution >= 0.6 is 11.6 Å². The number of hydrogen-bond acceptors (Lipinski definition) is 4. The number of ether oxygens (including phenoxy) is 3. The van der Waals surface area contributed by atoms with Crippen molar-refractivity contribution in [1.82, 2.24) is 0 Å². The van der Waals surface area contributed by atoms with Gasteiger partial charge in [0.25, 0.3) is 0 Å². The van der Waals surface area contributed by atoms with Gasteiger partial charge in [-0.25, -0.2) is 9.18 Å². The maximum atomic E-state index is 13.2. The molecule has 0 saturated heterocycles. The molecule has 6 heteroatoms. The van der Waals surface area contributed by atoms with Crippen LogP contribution in [0, 0.1) is 5.82 Å². The predicted molar refractivity (Wildman–Crippen MR) is 84.7 cm³/mol. The molecule has 0 unspecified atom stereocenters. The van der Waals surface area contributed by atoms with Crippen LogP contribution in [0.5, 0.6) is 11.5 Å². The molecule has 0 amide bonds. The minimum absolute atomic E-state index is 0.120. The van der Waals surface area contributed by atoms with Crippen molar-refractivity contribution in [1.29, 1.82) is 0 Å². The molecule has 0 fully saturated rings. The van der Waals surface area contributed by atoms with Gasteiger partial charge in [0.05, 0.1) is 24.3 Å². The minimum Gasteiger partial charge on any atom is -0.490 e. The van der Waals surface area contributed by atoms with Crippen LogP contribution in [0.15, 0.2) is 36.4 Å². The first kappa shape index (κ1) is 17.1. The van der Waals surface area contributed by atoms with Gasteiger partial charge < -0.3 is 14.2 Å². The molecule has 0 heterocycles. The van der Waals surface area contributed by atoms with Crippen molar-refractivity contribution in [3.63, 3.8) is 0 Å². The summed E-state index contributed by atoms with van der Waals surface area (Å²) in [7, 11) is 1.28. The summed E-state index contributed by atoms with van der Waals surface area (Å²) in [4.78, 5) is 11.6. The van der Waals surface area contributed by atoms with Gasteiger partial charge in [0.1, 0.15) is 12.4 Å². The molecule has 0 atom stereocenters. The molecule has 0 saturated carbocycles. The van der Waals surface area contributed by atoms with Crippen molar-refractivity contribution in [3.05, 3.63) is 58.4 Å². The van der Waals surface area contributed by atoms with E-state index in [2.05, 4.69) is 4.74 Å². The van der Waals surface area contributed by atoms with E-state index in [0.29, 0.717) is 23.7 Å². The summed E-state index contributed by atoms with van der Waals surface area (Å²) < 4.78 is 29.0. The van der Waals surface area contributed by atoms with Gasteiger partial charge in [-0.3, -0.25) is 0 Å². The van der Waals surface area contributed by atoms with E-state index in [0.717, 1.165) is 0 Å². The van der Waals surface area contributed by atoms with Crippen molar-refractivity contribution in [2.75, 3.05) is 13.7 Å². The molecule has 4 nitrogen and oxygen atoms in total. The van der Waals surface area contributed by atoms with Crippen LogP contribution in [0.3, 0.4) is 0 Å². The Bertz CT molecular complexity index is 703. The van der Waals surface area contributed by atoms with E-state index in [1.807, 2.05) is 0 Å². The van der Waals surface area contributed by atoms with Gasteiger partial charge in [0, 0.05) is 0 Å². The number of carbonyl (C=O) groups excluding carboxylic acids is 1. The zero-order valence-corrected chi connectivity index (χ0v) is 13.5. The third kappa shape index (κ3) is 4.36. The van der Waals surface area contributed by atoms with Gasteiger partial charge >= 0.3 is 5.97 Å². The molecule has 0 N–H and O–H groups in total. The van der Waals surface area contributed by atoms with Crippen LogP contribution in [0.2, 0.25) is 5.02 Å². The van der Waals surface area contributed by atoms with E-state index < -0.39 is 5.97 Å². The Morgan fingerprint density at radius 3 is 2.65 bits per heavy atom. The molecule has 2 aromatic rings. The van der Waals surface area contributed by atoms with Gasteiger partial charge in [-0.1, -0.05) is 23.7 Å². The van der Waals surface area contributed by atoms with Crippen LogP contribution in [-0.4, -0.2) is 19.7 Å². The fourth-order valence-corrected chi connectivity index (χ4v) is 2.25. The maximum absolute atomic E-state index is 13.2. The first-order chi connectivity index (χ1) is 11.0. The van der Waals surface area contributed by atoms with Gasteiger partial charge in [0.15, 0.2) is 11.5 Å². The van der Waals surface area contributed by atoms with Gasteiger partial charge in [0.2, 0.25) is 0 Å². The lowest BCUT2D eigenvalue weighted by molar-refractivity contribution is 0.0600. The summed E-state index contributed by atoms with van der Waals surface area (Å²) in [5.41, 5.74) is 0.916. The van der Waals surface area contributed by atoms with Crippen molar-refractivity contribution in [3.8, 4) is 11.5 Å². The van der Waals surface area contributed by atoms with Crippen LogP contribution in [-0.2, 0) is 11.3 Å².